The molecular weight excluding hydrogens is 442 g/mol. The molecule has 3 aromatic rings. The normalized spacial score (nSPS) is 13.0. The van der Waals surface area contributed by atoms with E-state index in [1.807, 2.05) is 78.9 Å². The summed E-state index contributed by atoms with van der Waals surface area (Å²) >= 11 is 0. The summed E-state index contributed by atoms with van der Waals surface area (Å²) in [4.78, 5) is 4.55. The van der Waals surface area contributed by atoms with Gasteiger partial charge in [0.15, 0.2) is 0 Å². The molecule has 0 amide bonds. The molecule has 1 aromatic heterocycles. The molecule has 0 atom stereocenters. The van der Waals surface area contributed by atoms with Crippen molar-refractivity contribution in [1.82, 2.24) is 4.98 Å². The Bertz CT molecular complexity index is 1040. The summed E-state index contributed by atoms with van der Waals surface area (Å²) in [5.41, 5.74) is 3.82. The molecule has 0 aliphatic rings. The minimum Gasteiger partial charge on any atom is -0.577 e. The van der Waals surface area contributed by atoms with E-state index in [9.17, 15) is 0 Å². The molecule has 0 aliphatic carbocycles. The predicted octanol–water partition coefficient (Wildman–Crippen LogP) is 2.87. The molecule has 1 radical (unpaired) electrons. The Kier molecular flexibility index (Phi) is 8.81. The quantitative estimate of drug-likeness (QED) is 0.180. The summed E-state index contributed by atoms with van der Waals surface area (Å²) < 4.78 is 0. The van der Waals surface area contributed by atoms with Crippen LogP contribution in [0.15, 0.2) is 99.3 Å². The summed E-state index contributed by atoms with van der Waals surface area (Å²) in [7, 11) is 0. The fourth-order valence-corrected chi connectivity index (χ4v) is 2.50. The molecule has 0 aliphatic heterocycles. The second-order valence-electron chi connectivity index (χ2n) is 6.41. The van der Waals surface area contributed by atoms with Crippen molar-refractivity contribution in [1.29, 1.82) is 0 Å². The third kappa shape index (κ3) is 6.70. The van der Waals surface area contributed by atoms with E-state index in [4.69, 9.17) is 10.2 Å². The van der Waals surface area contributed by atoms with Crippen molar-refractivity contribution in [3.05, 3.63) is 101 Å². The van der Waals surface area contributed by atoms with E-state index in [-0.39, 0.29) is 28.9 Å². The first-order chi connectivity index (χ1) is 14.5. The Morgan fingerprint density at radius 3 is 1.35 bits per heavy atom. The molecule has 31 heavy (non-hydrogen) atoms. The first kappa shape index (κ1) is 23.7. The second kappa shape index (κ2) is 11.5. The van der Waals surface area contributed by atoms with Crippen LogP contribution in [0.5, 0.6) is 0 Å². The predicted molar refractivity (Wildman–Crippen MR) is 122 cm³/mol. The number of rotatable bonds is 6. The Labute approximate surface area is 191 Å². The molecule has 0 saturated heterocycles. The number of aromatic nitrogens is 1. The van der Waals surface area contributed by atoms with Gasteiger partial charge in [0, 0.05) is 0 Å². The Balaban J connectivity index is 0.00000341. The van der Waals surface area contributed by atoms with Crippen LogP contribution in [0.2, 0.25) is 0 Å². The van der Waals surface area contributed by atoms with Crippen LogP contribution in [-0.2, 0) is 17.1 Å². The smallest absolute Gasteiger partial charge is 0.577 e. The van der Waals surface area contributed by atoms with E-state index in [0.29, 0.717) is 33.9 Å². The molecule has 159 valence electrons. The first-order valence-electron chi connectivity index (χ1n) is 9.31. The SMILES string of the molecule is CC(=NN=C([OH2+])c1ccccc1)c1cccc(C(C)=NN=C([OH2+])c2ccccc2)n1.[Cu+2]. The van der Waals surface area contributed by atoms with Gasteiger partial charge in [0.2, 0.25) is 0 Å². The number of nitrogens with zero attached hydrogens (tertiary/aromatic N) is 5. The van der Waals surface area contributed by atoms with Crippen molar-refractivity contribution in [2.75, 3.05) is 0 Å². The molecule has 0 bridgehead atoms. The van der Waals surface area contributed by atoms with E-state index in [1.165, 1.54) is 0 Å². The van der Waals surface area contributed by atoms with Gasteiger partial charge in [-0.15, -0.1) is 10.2 Å². The summed E-state index contributed by atoms with van der Waals surface area (Å²) in [5, 5.41) is 32.3. The molecule has 2 aromatic carbocycles. The van der Waals surface area contributed by atoms with E-state index >= 15 is 0 Å². The van der Waals surface area contributed by atoms with Crippen molar-refractivity contribution >= 4 is 23.2 Å². The summed E-state index contributed by atoms with van der Waals surface area (Å²) in [5.74, 6) is 0.171. The van der Waals surface area contributed by atoms with Crippen molar-refractivity contribution in [2.24, 2.45) is 20.4 Å². The van der Waals surface area contributed by atoms with Crippen LogP contribution in [0.1, 0.15) is 36.4 Å². The zero-order valence-corrected chi connectivity index (χ0v) is 18.0. The maximum atomic E-state index is 8.02. The average Bonchev–Trinajstić information content (AvgIpc) is 2.81. The van der Waals surface area contributed by atoms with Crippen LogP contribution in [0.3, 0.4) is 0 Å². The van der Waals surface area contributed by atoms with Crippen LogP contribution in [0.4, 0.5) is 0 Å². The second-order valence-corrected chi connectivity index (χ2v) is 6.41. The van der Waals surface area contributed by atoms with Gasteiger partial charge in [-0.25, -0.2) is 4.98 Å². The zero-order chi connectivity index (χ0) is 21.3. The minimum absolute atomic E-state index is 0. The van der Waals surface area contributed by atoms with Crippen LogP contribution >= 0.6 is 0 Å². The monoisotopic (exact) mass is 464 g/mol. The van der Waals surface area contributed by atoms with Gasteiger partial charge >= 0.3 is 28.9 Å². The third-order valence-corrected chi connectivity index (χ3v) is 4.18. The van der Waals surface area contributed by atoms with Crippen LogP contribution < -0.4 is 0 Å². The molecule has 0 fully saturated rings. The molecule has 3 rings (SSSR count). The van der Waals surface area contributed by atoms with Gasteiger partial charge in [-0.2, -0.15) is 0 Å². The van der Waals surface area contributed by atoms with Crippen LogP contribution in [-0.4, -0.2) is 38.4 Å². The molecule has 0 saturated carbocycles. The van der Waals surface area contributed by atoms with Crippen molar-refractivity contribution in [2.45, 2.75) is 13.8 Å². The van der Waals surface area contributed by atoms with E-state index in [0.717, 1.165) is 0 Å². The number of benzene rings is 2. The van der Waals surface area contributed by atoms with Crippen molar-refractivity contribution in [3.63, 3.8) is 0 Å². The Hall–Kier alpha value is -3.61. The fraction of sp³-hybridized carbons (Fsp3) is 0.0870. The zero-order valence-electron chi connectivity index (χ0n) is 17.0. The summed E-state index contributed by atoms with van der Waals surface area (Å²) in [6.45, 7) is 3.58. The molecule has 4 N–H and O–H groups in total. The van der Waals surface area contributed by atoms with E-state index in [2.05, 4.69) is 25.4 Å². The van der Waals surface area contributed by atoms with Gasteiger partial charge in [0.1, 0.15) is 0 Å². The maximum absolute atomic E-state index is 8.02. The van der Waals surface area contributed by atoms with Gasteiger partial charge < -0.3 is 10.2 Å². The Morgan fingerprint density at radius 1 is 0.581 bits per heavy atom. The van der Waals surface area contributed by atoms with Crippen molar-refractivity contribution in [3.8, 4) is 0 Å². The Morgan fingerprint density at radius 2 is 0.968 bits per heavy atom. The largest absolute Gasteiger partial charge is 2.00 e. The van der Waals surface area contributed by atoms with Crippen molar-refractivity contribution < 1.29 is 27.3 Å². The van der Waals surface area contributed by atoms with Gasteiger partial charge in [-0.05, 0) is 50.2 Å². The minimum atomic E-state index is 0. The van der Waals surface area contributed by atoms with Crippen LogP contribution in [0, 0.1) is 0 Å². The molecule has 0 unspecified atom stereocenters. The van der Waals surface area contributed by atoms with Gasteiger partial charge in [0.05, 0.1) is 33.9 Å². The molecular formula is C23H23CuN5O2+4. The molecule has 7 nitrogen and oxygen atoms in total. The van der Waals surface area contributed by atoms with E-state index < -0.39 is 0 Å². The first-order valence-corrected chi connectivity index (χ1v) is 9.31. The standard InChI is InChI=1S/C23H21N5O2.Cu/c1-16(25-27-22(29)18-10-5-3-6-11-18)20-14-9-15-21(24-20)17(2)26-28-23(30)19-12-7-4-8-13-19;/h3-15H,1-2H3,(H,27,29)(H,28,30);/q;+2/p+2. The number of hydrogen-bond donors (Lipinski definition) is 0. The number of pyridine rings is 1. The van der Waals surface area contributed by atoms with E-state index in [1.54, 1.807) is 13.8 Å². The third-order valence-electron chi connectivity index (χ3n) is 4.18. The van der Waals surface area contributed by atoms with Gasteiger partial charge in [-0.1, -0.05) is 52.7 Å². The summed E-state index contributed by atoms with van der Waals surface area (Å²) in [6, 6.07) is 23.9. The van der Waals surface area contributed by atoms with Crippen LogP contribution in [0.25, 0.3) is 0 Å². The van der Waals surface area contributed by atoms with Gasteiger partial charge in [-0.3, -0.25) is 0 Å². The molecule has 0 spiro atoms. The summed E-state index contributed by atoms with van der Waals surface area (Å²) in [6.07, 6.45) is 0. The topological polar surface area (TPSA) is 108 Å². The maximum Gasteiger partial charge on any atom is 2.00 e. The average molecular weight is 465 g/mol. The number of hydrogen-bond acceptors (Lipinski definition) is 5. The molecule has 1 heterocycles. The van der Waals surface area contributed by atoms with Gasteiger partial charge in [0.25, 0.3) is 0 Å². The fourth-order valence-electron chi connectivity index (χ4n) is 2.50. The molecule has 8 heteroatoms.